The Morgan fingerprint density at radius 3 is 2.65 bits per heavy atom. The summed E-state index contributed by atoms with van der Waals surface area (Å²) < 4.78 is 18.4. The summed E-state index contributed by atoms with van der Waals surface area (Å²) in [6, 6.07) is 7.86. The van der Waals surface area contributed by atoms with Gasteiger partial charge in [0.15, 0.2) is 17.3 Å². The number of oxazole rings is 1. The summed E-state index contributed by atoms with van der Waals surface area (Å²) in [6.45, 7) is 0. The normalized spacial score (nSPS) is 10.7. The molecule has 0 atom stereocenters. The summed E-state index contributed by atoms with van der Waals surface area (Å²) in [7, 11) is 0. The van der Waals surface area contributed by atoms with Crippen LogP contribution in [0.25, 0.3) is 22.7 Å². The number of nitrogens with zero attached hydrogens (tertiary/aromatic N) is 3. The lowest BCUT2D eigenvalue weighted by atomic mass is 10.1. The fourth-order valence-electron chi connectivity index (χ4n) is 1.81. The Kier molecular flexibility index (Phi) is 3.47. The third-order valence-electron chi connectivity index (χ3n) is 2.73. The number of halogens is 1. The second-order valence-electron chi connectivity index (χ2n) is 3.97. The molecule has 1 aromatic carbocycles. The van der Waals surface area contributed by atoms with Gasteiger partial charge < -0.3 is 4.42 Å². The third kappa shape index (κ3) is 2.42. The molecule has 100 valence electrons. The van der Waals surface area contributed by atoms with Crippen LogP contribution in [0.1, 0.15) is 0 Å². The lowest BCUT2D eigenvalue weighted by Gasteiger charge is -2.02. The van der Waals surface area contributed by atoms with E-state index < -0.39 is 0 Å². The van der Waals surface area contributed by atoms with Gasteiger partial charge in [0.2, 0.25) is 0 Å². The van der Waals surface area contributed by atoms with Crippen LogP contribution < -0.4 is 0 Å². The quantitative estimate of drug-likeness (QED) is 0.543. The van der Waals surface area contributed by atoms with Crippen LogP contribution >= 0.6 is 11.8 Å². The number of thioether (sulfide) groups is 1. The van der Waals surface area contributed by atoms with E-state index in [1.807, 2.05) is 6.26 Å². The first-order chi connectivity index (χ1) is 9.78. The average Bonchev–Trinajstić information content (AvgIpc) is 2.97. The van der Waals surface area contributed by atoms with E-state index in [2.05, 4.69) is 15.0 Å². The molecule has 2 heterocycles. The predicted octanol–water partition coefficient (Wildman–Crippen LogP) is 3.66. The van der Waals surface area contributed by atoms with Crippen molar-refractivity contribution in [3.05, 3.63) is 48.7 Å². The molecule has 0 aliphatic rings. The number of hydrogen-bond acceptors (Lipinski definition) is 5. The first kappa shape index (κ1) is 12.8. The zero-order valence-electron chi connectivity index (χ0n) is 10.6. The highest BCUT2D eigenvalue weighted by atomic mass is 32.2. The van der Waals surface area contributed by atoms with Crippen LogP contribution in [0.5, 0.6) is 0 Å². The zero-order chi connectivity index (χ0) is 13.9. The highest BCUT2D eigenvalue weighted by Crippen LogP contribution is 2.30. The van der Waals surface area contributed by atoms with E-state index in [1.165, 1.54) is 30.3 Å². The van der Waals surface area contributed by atoms with Crippen LogP contribution in [0.2, 0.25) is 0 Å². The molecular formula is C14H10FN3OS. The van der Waals surface area contributed by atoms with E-state index in [9.17, 15) is 4.39 Å². The molecule has 3 rings (SSSR count). The molecule has 0 amide bonds. The molecule has 0 aliphatic heterocycles. The van der Waals surface area contributed by atoms with Gasteiger partial charge in [0, 0.05) is 11.8 Å². The molecule has 3 aromatic rings. The predicted molar refractivity (Wildman–Crippen MR) is 74.7 cm³/mol. The summed E-state index contributed by atoms with van der Waals surface area (Å²) in [5.74, 6) is 0.264. The fourth-order valence-corrected chi connectivity index (χ4v) is 2.16. The van der Waals surface area contributed by atoms with Gasteiger partial charge in [0.25, 0.3) is 0 Å². The second-order valence-corrected chi connectivity index (χ2v) is 4.74. The smallest absolute Gasteiger partial charge is 0.187 e. The second kappa shape index (κ2) is 5.42. The van der Waals surface area contributed by atoms with Crippen molar-refractivity contribution >= 4 is 11.8 Å². The Bertz CT molecular complexity index is 727. The van der Waals surface area contributed by atoms with Gasteiger partial charge in [-0.1, -0.05) is 11.8 Å². The van der Waals surface area contributed by atoms with Crippen molar-refractivity contribution in [2.45, 2.75) is 5.16 Å². The summed E-state index contributed by atoms with van der Waals surface area (Å²) in [5, 5.41) is 0.656. The minimum absolute atomic E-state index is 0.287. The standard InChI is InChI=1S/C14H10FN3OS/c1-20-14-16-7-6-11(18-14)13-12(17-8-19-13)9-2-4-10(15)5-3-9/h2-8H,1H3. The van der Waals surface area contributed by atoms with Gasteiger partial charge in [-0.3, -0.25) is 0 Å². The maximum absolute atomic E-state index is 13.0. The van der Waals surface area contributed by atoms with Crippen molar-refractivity contribution in [1.29, 1.82) is 0 Å². The van der Waals surface area contributed by atoms with Crippen molar-refractivity contribution in [3.63, 3.8) is 0 Å². The first-order valence-corrected chi connectivity index (χ1v) is 7.07. The lowest BCUT2D eigenvalue weighted by molar-refractivity contribution is 0.569. The SMILES string of the molecule is CSc1nccc(-c2ocnc2-c2ccc(F)cc2)n1. The molecule has 0 spiro atoms. The van der Waals surface area contributed by atoms with E-state index in [0.29, 0.717) is 22.3 Å². The number of aromatic nitrogens is 3. The summed E-state index contributed by atoms with van der Waals surface area (Å²) in [5.41, 5.74) is 2.07. The van der Waals surface area contributed by atoms with Gasteiger partial charge in [0.1, 0.15) is 17.2 Å². The van der Waals surface area contributed by atoms with Gasteiger partial charge in [-0.2, -0.15) is 0 Å². The molecule has 0 fully saturated rings. The Labute approximate surface area is 119 Å². The Balaban J connectivity index is 2.07. The Morgan fingerprint density at radius 1 is 1.10 bits per heavy atom. The fraction of sp³-hybridized carbons (Fsp3) is 0.0714. The number of rotatable bonds is 3. The maximum atomic E-state index is 13.0. The van der Waals surface area contributed by atoms with Crippen LogP contribution in [0.3, 0.4) is 0 Å². The molecule has 0 N–H and O–H groups in total. The largest absolute Gasteiger partial charge is 0.441 e. The molecule has 6 heteroatoms. The van der Waals surface area contributed by atoms with Crippen LogP contribution in [0, 0.1) is 5.82 Å². The first-order valence-electron chi connectivity index (χ1n) is 5.85. The van der Waals surface area contributed by atoms with Gasteiger partial charge in [0.05, 0.1) is 0 Å². The number of benzene rings is 1. The lowest BCUT2D eigenvalue weighted by Crippen LogP contribution is -1.90. The van der Waals surface area contributed by atoms with Crippen molar-refractivity contribution in [2.24, 2.45) is 0 Å². The van der Waals surface area contributed by atoms with E-state index in [-0.39, 0.29) is 5.82 Å². The summed E-state index contributed by atoms with van der Waals surface area (Å²) in [4.78, 5) is 12.7. The average molecular weight is 287 g/mol. The van der Waals surface area contributed by atoms with Crippen LogP contribution in [0.4, 0.5) is 4.39 Å². The van der Waals surface area contributed by atoms with Crippen LogP contribution in [0.15, 0.2) is 52.5 Å². The van der Waals surface area contributed by atoms with E-state index in [0.717, 1.165) is 5.56 Å². The monoisotopic (exact) mass is 287 g/mol. The minimum atomic E-state index is -0.287. The molecule has 0 unspecified atom stereocenters. The van der Waals surface area contributed by atoms with Crippen molar-refractivity contribution in [1.82, 2.24) is 15.0 Å². The highest BCUT2D eigenvalue weighted by Gasteiger charge is 2.14. The van der Waals surface area contributed by atoms with Gasteiger partial charge in [-0.25, -0.2) is 19.3 Å². The summed E-state index contributed by atoms with van der Waals surface area (Å²) >= 11 is 1.45. The van der Waals surface area contributed by atoms with Crippen LogP contribution in [-0.4, -0.2) is 21.2 Å². The van der Waals surface area contributed by atoms with Crippen molar-refractivity contribution < 1.29 is 8.81 Å². The molecule has 20 heavy (non-hydrogen) atoms. The number of hydrogen-bond donors (Lipinski definition) is 0. The van der Waals surface area contributed by atoms with E-state index >= 15 is 0 Å². The maximum Gasteiger partial charge on any atom is 0.187 e. The van der Waals surface area contributed by atoms with Gasteiger partial charge in [-0.15, -0.1) is 0 Å². The summed E-state index contributed by atoms with van der Waals surface area (Å²) in [6.07, 6.45) is 4.93. The molecule has 2 aromatic heterocycles. The van der Waals surface area contributed by atoms with Crippen molar-refractivity contribution in [3.8, 4) is 22.7 Å². The Hall–Kier alpha value is -2.21. The molecule has 0 radical (unpaired) electrons. The third-order valence-corrected chi connectivity index (χ3v) is 3.30. The van der Waals surface area contributed by atoms with E-state index in [1.54, 1.807) is 24.4 Å². The van der Waals surface area contributed by atoms with Gasteiger partial charge in [-0.05, 0) is 36.6 Å². The Morgan fingerprint density at radius 2 is 1.90 bits per heavy atom. The van der Waals surface area contributed by atoms with Crippen LogP contribution in [-0.2, 0) is 0 Å². The molecular weight excluding hydrogens is 277 g/mol. The topological polar surface area (TPSA) is 51.8 Å². The molecule has 0 saturated carbocycles. The molecule has 0 bridgehead atoms. The molecule has 0 saturated heterocycles. The minimum Gasteiger partial charge on any atom is -0.441 e. The molecule has 4 nitrogen and oxygen atoms in total. The van der Waals surface area contributed by atoms with Gasteiger partial charge >= 0.3 is 0 Å². The van der Waals surface area contributed by atoms with Crippen molar-refractivity contribution in [2.75, 3.05) is 6.26 Å². The van der Waals surface area contributed by atoms with E-state index in [4.69, 9.17) is 4.42 Å². The highest BCUT2D eigenvalue weighted by molar-refractivity contribution is 7.98. The molecule has 0 aliphatic carbocycles. The zero-order valence-corrected chi connectivity index (χ0v) is 11.4.